The molecule has 0 radical (unpaired) electrons. The molecule has 32 heavy (non-hydrogen) atoms. The Morgan fingerprint density at radius 3 is 1.69 bits per heavy atom. The van der Waals surface area contributed by atoms with Crippen LogP contribution in [0, 0.1) is 42.4 Å². The number of epoxide rings is 1. The predicted octanol–water partition coefficient (Wildman–Crippen LogP) is 6.71. The third-order valence-corrected chi connectivity index (χ3v) is 11.4. The summed E-state index contributed by atoms with van der Waals surface area (Å²) in [4.78, 5) is 0. The second-order valence-electron chi connectivity index (χ2n) is 13.8. The molecule has 0 aromatic heterocycles. The molecular weight excluding hydrogens is 392 g/mol. The van der Waals surface area contributed by atoms with Gasteiger partial charge in [0, 0.05) is 0 Å². The quantitative estimate of drug-likeness (QED) is 0.482. The van der Waals surface area contributed by atoms with Gasteiger partial charge >= 0.3 is 0 Å². The van der Waals surface area contributed by atoms with Crippen LogP contribution < -0.4 is 4.74 Å². The van der Waals surface area contributed by atoms with Crippen LogP contribution in [0.4, 0.5) is 0 Å². The minimum absolute atomic E-state index is 0.334. The van der Waals surface area contributed by atoms with E-state index in [0.717, 1.165) is 48.7 Å². The average Bonchev–Trinajstić information content (AvgIpc) is 3.55. The lowest BCUT2D eigenvalue weighted by Crippen LogP contribution is -2.52. The SMILES string of the molecule is Cc1c(OCC2CO2)ccc(C23CC4CC(CC(C4)C2)C3)c1C12CC3CC(CC(C3)C1)C2. The summed E-state index contributed by atoms with van der Waals surface area (Å²) in [5, 5.41) is 0. The normalized spacial score (nSPS) is 49.6. The number of benzene rings is 1. The molecule has 8 bridgehead atoms. The second kappa shape index (κ2) is 6.55. The molecule has 9 aliphatic rings. The number of ether oxygens (including phenoxy) is 2. The second-order valence-corrected chi connectivity index (χ2v) is 13.8. The van der Waals surface area contributed by atoms with Gasteiger partial charge in [-0.25, -0.2) is 0 Å². The van der Waals surface area contributed by atoms with Crippen LogP contribution in [0.2, 0.25) is 0 Å². The van der Waals surface area contributed by atoms with Gasteiger partial charge in [0.15, 0.2) is 0 Å². The van der Waals surface area contributed by atoms with Gasteiger partial charge in [0.2, 0.25) is 0 Å². The van der Waals surface area contributed by atoms with Crippen LogP contribution in [0.15, 0.2) is 12.1 Å². The summed E-state index contributed by atoms with van der Waals surface area (Å²) in [6.07, 6.45) is 18.4. The molecule has 1 aliphatic heterocycles. The molecule has 1 aromatic carbocycles. The third-order valence-electron chi connectivity index (χ3n) is 11.4. The summed E-state index contributed by atoms with van der Waals surface area (Å²) in [5.74, 6) is 7.17. The monoisotopic (exact) mass is 432 g/mol. The standard InChI is InChI=1S/C30H40O2/c1-18-27(32-17-25-16-31-25)3-2-26(29-10-19-4-20(11-29)6-21(5-19)12-29)28(18)30-13-22-7-23(14-30)9-24(8-22)15-30/h2-3,19-25H,4-17H2,1H3. The molecule has 2 heteroatoms. The molecule has 1 unspecified atom stereocenters. The molecule has 8 saturated carbocycles. The molecule has 10 rings (SSSR count). The molecule has 2 nitrogen and oxygen atoms in total. The first kappa shape index (κ1) is 19.3. The lowest BCUT2D eigenvalue weighted by atomic mass is 9.44. The highest BCUT2D eigenvalue weighted by Gasteiger charge is 2.57. The third kappa shape index (κ3) is 2.80. The molecule has 8 aliphatic carbocycles. The highest BCUT2D eigenvalue weighted by atomic mass is 16.6. The Kier molecular flexibility index (Phi) is 3.95. The first-order chi connectivity index (χ1) is 15.6. The van der Waals surface area contributed by atoms with Crippen LogP contribution >= 0.6 is 0 Å². The van der Waals surface area contributed by atoms with E-state index in [2.05, 4.69) is 19.1 Å². The zero-order valence-electron chi connectivity index (χ0n) is 19.9. The lowest BCUT2D eigenvalue weighted by molar-refractivity contribution is -0.0178. The van der Waals surface area contributed by atoms with Crippen molar-refractivity contribution in [3.05, 3.63) is 28.8 Å². The summed E-state index contributed by atoms with van der Waals surface area (Å²) >= 11 is 0. The van der Waals surface area contributed by atoms with Crippen molar-refractivity contribution in [3.63, 3.8) is 0 Å². The summed E-state index contributed by atoms with van der Waals surface area (Å²) in [5.41, 5.74) is 6.07. The van der Waals surface area contributed by atoms with Crippen molar-refractivity contribution in [2.45, 2.75) is 101 Å². The van der Waals surface area contributed by atoms with Gasteiger partial charge in [-0.05, 0) is 153 Å². The molecule has 9 fully saturated rings. The van der Waals surface area contributed by atoms with Gasteiger partial charge in [-0.3, -0.25) is 0 Å². The maximum absolute atomic E-state index is 6.41. The van der Waals surface area contributed by atoms with Crippen molar-refractivity contribution in [1.29, 1.82) is 0 Å². The lowest BCUT2D eigenvalue weighted by Gasteiger charge is -2.61. The fourth-order valence-electron chi connectivity index (χ4n) is 11.2. The Balaban J connectivity index is 1.27. The summed E-state index contributed by atoms with van der Waals surface area (Å²) in [6.45, 7) is 4.05. The van der Waals surface area contributed by atoms with Crippen molar-refractivity contribution in [3.8, 4) is 5.75 Å². The minimum atomic E-state index is 0.334. The van der Waals surface area contributed by atoms with Gasteiger partial charge < -0.3 is 9.47 Å². The van der Waals surface area contributed by atoms with Gasteiger partial charge in [0.05, 0.1) is 6.61 Å². The number of hydrogen-bond acceptors (Lipinski definition) is 2. The molecule has 172 valence electrons. The highest BCUT2D eigenvalue weighted by molar-refractivity contribution is 5.53. The fourth-order valence-corrected chi connectivity index (χ4v) is 11.2. The van der Waals surface area contributed by atoms with Gasteiger partial charge in [-0.2, -0.15) is 0 Å². The largest absolute Gasteiger partial charge is 0.491 e. The highest BCUT2D eigenvalue weighted by Crippen LogP contribution is 2.66. The van der Waals surface area contributed by atoms with E-state index >= 15 is 0 Å². The average molecular weight is 433 g/mol. The smallest absolute Gasteiger partial charge is 0.122 e. The van der Waals surface area contributed by atoms with Crippen molar-refractivity contribution in [1.82, 2.24) is 0 Å². The van der Waals surface area contributed by atoms with E-state index in [1.165, 1.54) is 88.4 Å². The zero-order chi connectivity index (χ0) is 21.1. The topological polar surface area (TPSA) is 21.8 Å². The first-order valence-corrected chi connectivity index (χ1v) is 14.0. The van der Waals surface area contributed by atoms with Crippen molar-refractivity contribution < 1.29 is 9.47 Å². The molecule has 1 atom stereocenters. The maximum atomic E-state index is 6.41. The minimum Gasteiger partial charge on any atom is -0.491 e. The Labute approximate surface area is 193 Å². The van der Waals surface area contributed by atoms with Crippen LogP contribution in [0.1, 0.15) is 93.7 Å². The van der Waals surface area contributed by atoms with E-state index in [9.17, 15) is 0 Å². The van der Waals surface area contributed by atoms with E-state index in [-0.39, 0.29) is 0 Å². The van der Waals surface area contributed by atoms with Gasteiger partial charge in [0.1, 0.15) is 18.5 Å². The molecule has 0 N–H and O–H groups in total. The first-order valence-electron chi connectivity index (χ1n) is 14.0. The summed E-state index contributed by atoms with van der Waals surface area (Å²) in [7, 11) is 0. The zero-order valence-corrected chi connectivity index (χ0v) is 19.9. The van der Waals surface area contributed by atoms with Gasteiger partial charge in [0.25, 0.3) is 0 Å². The fraction of sp³-hybridized carbons (Fsp3) is 0.800. The van der Waals surface area contributed by atoms with Crippen LogP contribution in [-0.2, 0) is 15.6 Å². The molecule has 0 spiro atoms. The van der Waals surface area contributed by atoms with E-state index < -0.39 is 0 Å². The molecule has 0 amide bonds. The molecule has 1 saturated heterocycles. The predicted molar refractivity (Wildman–Crippen MR) is 126 cm³/mol. The van der Waals surface area contributed by atoms with Crippen LogP contribution in [-0.4, -0.2) is 19.3 Å². The van der Waals surface area contributed by atoms with Crippen LogP contribution in [0.5, 0.6) is 5.75 Å². The van der Waals surface area contributed by atoms with E-state index in [0.29, 0.717) is 16.9 Å². The summed E-state index contributed by atoms with van der Waals surface area (Å²) < 4.78 is 11.9. The van der Waals surface area contributed by atoms with E-state index in [4.69, 9.17) is 9.47 Å². The molecular formula is C30H40O2. The maximum Gasteiger partial charge on any atom is 0.122 e. The Hall–Kier alpha value is -1.02. The van der Waals surface area contributed by atoms with Crippen molar-refractivity contribution in [2.75, 3.05) is 13.2 Å². The van der Waals surface area contributed by atoms with Crippen LogP contribution in [0.25, 0.3) is 0 Å². The van der Waals surface area contributed by atoms with Crippen LogP contribution in [0.3, 0.4) is 0 Å². The Bertz CT molecular complexity index is 870. The van der Waals surface area contributed by atoms with E-state index in [1.54, 1.807) is 0 Å². The van der Waals surface area contributed by atoms with E-state index in [1.807, 2.05) is 11.1 Å². The van der Waals surface area contributed by atoms with Crippen molar-refractivity contribution in [2.24, 2.45) is 35.5 Å². The van der Waals surface area contributed by atoms with Gasteiger partial charge in [-0.15, -0.1) is 0 Å². The molecule has 1 aromatic rings. The Morgan fingerprint density at radius 1 is 0.750 bits per heavy atom. The van der Waals surface area contributed by atoms with Crippen molar-refractivity contribution >= 4 is 0 Å². The Morgan fingerprint density at radius 2 is 1.22 bits per heavy atom. The van der Waals surface area contributed by atoms with Gasteiger partial charge in [-0.1, -0.05) is 6.07 Å². The number of rotatable bonds is 5. The molecule has 1 heterocycles. The number of hydrogen-bond donors (Lipinski definition) is 0. The summed E-state index contributed by atoms with van der Waals surface area (Å²) in [6, 6.07) is 4.97.